The van der Waals surface area contributed by atoms with Crippen LogP contribution in [-0.4, -0.2) is 17.0 Å². The van der Waals surface area contributed by atoms with Crippen LogP contribution in [0.4, 0.5) is 0 Å². The second kappa shape index (κ2) is 7.09. The van der Waals surface area contributed by atoms with Crippen molar-refractivity contribution < 1.29 is 19.1 Å². The lowest BCUT2D eigenvalue weighted by atomic mass is 10.0. The van der Waals surface area contributed by atoms with Crippen LogP contribution in [0.2, 0.25) is 0 Å². The Labute approximate surface area is 121 Å². The summed E-state index contributed by atoms with van der Waals surface area (Å²) in [5.41, 5.74) is 0.750. The molecule has 2 N–H and O–H groups in total. The highest BCUT2D eigenvalue weighted by Gasteiger charge is 2.16. The molecule has 0 saturated heterocycles. The molecule has 0 fully saturated rings. The number of carbonyl (C=O) groups excluding carboxylic acids is 1. The van der Waals surface area contributed by atoms with Crippen molar-refractivity contribution >= 4 is 18.0 Å². The van der Waals surface area contributed by atoms with Gasteiger partial charge in [0.05, 0.1) is 18.7 Å². The first-order valence-electron chi connectivity index (χ1n) is 6.44. The van der Waals surface area contributed by atoms with E-state index >= 15 is 0 Å². The Hall–Kier alpha value is -2.82. The maximum atomic E-state index is 11.9. The number of carboxylic acids is 1. The molecule has 1 aromatic heterocycles. The van der Waals surface area contributed by atoms with Crippen molar-refractivity contribution in [2.75, 3.05) is 0 Å². The minimum Gasteiger partial charge on any atom is -0.481 e. The Bertz CT molecular complexity index is 617. The van der Waals surface area contributed by atoms with E-state index in [4.69, 9.17) is 9.52 Å². The van der Waals surface area contributed by atoms with E-state index in [1.165, 1.54) is 18.4 Å². The van der Waals surface area contributed by atoms with Crippen molar-refractivity contribution in [2.45, 2.75) is 12.5 Å². The summed E-state index contributed by atoms with van der Waals surface area (Å²) >= 11 is 0. The SMILES string of the molecule is O=C(O)CC(NC(=O)/C=C/c1ccco1)c1ccccc1. The van der Waals surface area contributed by atoms with Crippen LogP contribution < -0.4 is 5.32 Å². The molecule has 1 unspecified atom stereocenters. The smallest absolute Gasteiger partial charge is 0.305 e. The predicted octanol–water partition coefficient (Wildman–Crippen LogP) is 2.63. The first-order chi connectivity index (χ1) is 10.1. The monoisotopic (exact) mass is 285 g/mol. The number of benzene rings is 1. The third kappa shape index (κ3) is 4.65. The van der Waals surface area contributed by atoms with Crippen LogP contribution >= 0.6 is 0 Å². The van der Waals surface area contributed by atoms with Crippen LogP contribution in [0.5, 0.6) is 0 Å². The molecule has 2 rings (SSSR count). The zero-order chi connectivity index (χ0) is 15.1. The molecule has 21 heavy (non-hydrogen) atoms. The second-order valence-corrected chi connectivity index (χ2v) is 4.42. The van der Waals surface area contributed by atoms with Crippen molar-refractivity contribution in [1.29, 1.82) is 0 Å². The molecule has 0 bridgehead atoms. The molecular weight excluding hydrogens is 270 g/mol. The van der Waals surface area contributed by atoms with Gasteiger partial charge in [-0.3, -0.25) is 9.59 Å². The van der Waals surface area contributed by atoms with Crippen molar-refractivity contribution in [3.63, 3.8) is 0 Å². The molecule has 108 valence electrons. The van der Waals surface area contributed by atoms with Crippen LogP contribution in [0.3, 0.4) is 0 Å². The molecule has 2 aromatic rings. The van der Waals surface area contributed by atoms with Gasteiger partial charge in [-0.15, -0.1) is 0 Å². The topological polar surface area (TPSA) is 79.5 Å². The van der Waals surface area contributed by atoms with Gasteiger partial charge in [-0.2, -0.15) is 0 Å². The van der Waals surface area contributed by atoms with E-state index in [-0.39, 0.29) is 12.3 Å². The van der Waals surface area contributed by atoms with Gasteiger partial charge >= 0.3 is 5.97 Å². The fourth-order valence-corrected chi connectivity index (χ4v) is 1.88. The Morgan fingerprint density at radius 2 is 1.95 bits per heavy atom. The second-order valence-electron chi connectivity index (χ2n) is 4.42. The third-order valence-electron chi connectivity index (χ3n) is 2.84. The van der Waals surface area contributed by atoms with Crippen LogP contribution in [0.25, 0.3) is 6.08 Å². The summed E-state index contributed by atoms with van der Waals surface area (Å²) in [6.07, 6.45) is 4.17. The van der Waals surface area contributed by atoms with Crippen molar-refractivity contribution in [1.82, 2.24) is 5.32 Å². The average Bonchev–Trinajstić information content (AvgIpc) is 2.98. The standard InChI is InChI=1S/C16H15NO4/c18-15(9-8-13-7-4-10-21-13)17-14(11-16(19)20)12-5-2-1-3-6-12/h1-10,14H,11H2,(H,17,18)(H,19,20)/b9-8+. The molecule has 0 aliphatic carbocycles. The summed E-state index contributed by atoms with van der Waals surface area (Å²) in [4.78, 5) is 22.8. The minimum atomic E-state index is -0.973. The molecule has 0 spiro atoms. The molecule has 1 atom stereocenters. The zero-order valence-corrected chi connectivity index (χ0v) is 11.2. The number of rotatable bonds is 6. The fraction of sp³-hybridized carbons (Fsp3) is 0.125. The molecule has 5 nitrogen and oxygen atoms in total. The van der Waals surface area contributed by atoms with Crippen LogP contribution in [0, 0.1) is 0 Å². The third-order valence-corrected chi connectivity index (χ3v) is 2.84. The highest BCUT2D eigenvalue weighted by atomic mass is 16.4. The van der Waals surface area contributed by atoms with E-state index in [0.29, 0.717) is 5.76 Å². The van der Waals surface area contributed by atoms with Gasteiger partial charge in [0.1, 0.15) is 5.76 Å². The normalized spacial score (nSPS) is 12.2. The number of amides is 1. The van der Waals surface area contributed by atoms with Crippen LogP contribution in [0.1, 0.15) is 23.8 Å². The van der Waals surface area contributed by atoms with Crippen molar-refractivity contribution in [3.8, 4) is 0 Å². The number of carbonyl (C=O) groups is 2. The summed E-state index contributed by atoms with van der Waals surface area (Å²) in [7, 11) is 0. The lowest BCUT2D eigenvalue weighted by Gasteiger charge is -2.16. The lowest BCUT2D eigenvalue weighted by Crippen LogP contribution is -2.28. The number of aliphatic carboxylic acids is 1. The van der Waals surface area contributed by atoms with Gasteiger partial charge in [0.25, 0.3) is 0 Å². The first-order valence-corrected chi connectivity index (χ1v) is 6.44. The summed E-state index contributed by atoms with van der Waals surface area (Å²) < 4.78 is 5.08. The van der Waals surface area contributed by atoms with Crippen LogP contribution in [0.15, 0.2) is 59.2 Å². The van der Waals surface area contributed by atoms with Crippen LogP contribution in [-0.2, 0) is 9.59 Å². The molecule has 0 aliphatic heterocycles. The molecule has 1 amide bonds. The van der Waals surface area contributed by atoms with E-state index < -0.39 is 12.0 Å². The lowest BCUT2D eigenvalue weighted by molar-refractivity contribution is -0.137. The van der Waals surface area contributed by atoms with Gasteiger partial charge < -0.3 is 14.8 Å². The van der Waals surface area contributed by atoms with E-state index in [2.05, 4.69) is 5.32 Å². The molecule has 1 aromatic carbocycles. The summed E-state index contributed by atoms with van der Waals surface area (Å²) in [5.74, 6) is -0.791. The number of hydrogen-bond donors (Lipinski definition) is 2. The summed E-state index contributed by atoms with van der Waals surface area (Å²) in [5, 5.41) is 11.6. The maximum Gasteiger partial charge on any atom is 0.305 e. The molecule has 0 radical (unpaired) electrons. The van der Waals surface area contributed by atoms with Gasteiger partial charge in [-0.05, 0) is 23.8 Å². The number of hydrogen-bond acceptors (Lipinski definition) is 3. The number of furan rings is 1. The van der Waals surface area contributed by atoms with Crippen molar-refractivity contribution in [2.24, 2.45) is 0 Å². The number of nitrogens with one attached hydrogen (secondary N) is 1. The molecule has 0 aliphatic rings. The van der Waals surface area contributed by atoms with E-state index in [1.54, 1.807) is 36.4 Å². The quantitative estimate of drug-likeness (QED) is 0.800. The average molecular weight is 285 g/mol. The van der Waals surface area contributed by atoms with Gasteiger partial charge in [-0.25, -0.2) is 0 Å². The van der Waals surface area contributed by atoms with Crippen molar-refractivity contribution in [3.05, 3.63) is 66.1 Å². The molecule has 1 heterocycles. The largest absolute Gasteiger partial charge is 0.481 e. The van der Waals surface area contributed by atoms with Gasteiger partial charge in [0.15, 0.2) is 0 Å². The van der Waals surface area contributed by atoms with E-state index in [0.717, 1.165) is 5.56 Å². The molecular formula is C16H15NO4. The molecule has 0 saturated carbocycles. The minimum absolute atomic E-state index is 0.176. The zero-order valence-electron chi connectivity index (χ0n) is 11.2. The highest BCUT2D eigenvalue weighted by Crippen LogP contribution is 2.16. The van der Waals surface area contributed by atoms with Gasteiger partial charge in [-0.1, -0.05) is 30.3 Å². The Morgan fingerprint density at radius 1 is 1.19 bits per heavy atom. The Morgan fingerprint density at radius 3 is 2.57 bits per heavy atom. The molecule has 5 heteroatoms. The first kappa shape index (κ1) is 14.6. The Kier molecular flexibility index (Phi) is 4.93. The summed E-state index contributed by atoms with van der Waals surface area (Å²) in [6, 6.07) is 11.9. The van der Waals surface area contributed by atoms with E-state index in [9.17, 15) is 9.59 Å². The highest BCUT2D eigenvalue weighted by molar-refractivity contribution is 5.91. The fourth-order valence-electron chi connectivity index (χ4n) is 1.88. The van der Waals surface area contributed by atoms with E-state index in [1.807, 2.05) is 6.07 Å². The summed E-state index contributed by atoms with van der Waals surface area (Å²) in [6.45, 7) is 0. The Balaban J connectivity index is 2.04. The number of carboxylic acid groups (broad SMARTS) is 1. The van der Waals surface area contributed by atoms with Gasteiger partial charge in [0.2, 0.25) is 5.91 Å². The maximum absolute atomic E-state index is 11.9. The van der Waals surface area contributed by atoms with Gasteiger partial charge in [0, 0.05) is 6.08 Å². The predicted molar refractivity (Wildman–Crippen MR) is 77.3 cm³/mol.